The highest BCUT2D eigenvalue weighted by Gasteiger charge is 2.27. The molecule has 0 aliphatic heterocycles. The summed E-state index contributed by atoms with van der Waals surface area (Å²) in [5.41, 5.74) is -1.93. The number of rotatable bonds is 4. The fraction of sp³-hybridized carbons (Fsp3) is 0. The van der Waals surface area contributed by atoms with Crippen LogP contribution in [0.15, 0.2) is 30.5 Å². The average Bonchev–Trinajstić information content (AvgIpc) is 2.83. The molecule has 0 fully saturated rings. The number of benzene rings is 1. The number of nitro benzene ring substituents is 1. The van der Waals surface area contributed by atoms with E-state index in [4.69, 9.17) is 5.11 Å². The number of aromatic carboxylic acids is 1. The topological polar surface area (TPSA) is 141 Å². The molecule has 1 N–H and O–H groups in total. The zero-order valence-electron chi connectivity index (χ0n) is 9.66. The van der Waals surface area contributed by atoms with Gasteiger partial charge in [0.1, 0.15) is 11.9 Å². The summed E-state index contributed by atoms with van der Waals surface area (Å²) in [6, 6.07) is 5.37. The SMILES string of the molecule is O=C(O)c1nn(-c2ccccc2[N+](=O)[O-])cc1[N+](=O)[O-]. The Morgan fingerprint density at radius 3 is 2.25 bits per heavy atom. The Morgan fingerprint density at radius 1 is 1.15 bits per heavy atom. The minimum atomic E-state index is -1.59. The van der Waals surface area contributed by atoms with Crippen molar-refractivity contribution < 1.29 is 19.7 Å². The molecule has 0 aliphatic carbocycles. The van der Waals surface area contributed by atoms with Gasteiger partial charge in [-0.15, -0.1) is 0 Å². The first-order valence-corrected chi connectivity index (χ1v) is 5.13. The van der Waals surface area contributed by atoms with Gasteiger partial charge in [-0.3, -0.25) is 20.2 Å². The standard InChI is InChI=1S/C10H6N4O6/c15-10(16)9-8(14(19)20)5-12(11-9)6-3-1-2-4-7(6)13(17)18/h1-5H,(H,15,16). The van der Waals surface area contributed by atoms with Gasteiger partial charge in [0.2, 0.25) is 5.69 Å². The van der Waals surface area contributed by atoms with Gasteiger partial charge in [0, 0.05) is 6.07 Å². The molecule has 0 aliphatic rings. The molecule has 102 valence electrons. The minimum absolute atomic E-state index is 0.0619. The Morgan fingerprint density at radius 2 is 1.75 bits per heavy atom. The second-order valence-corrected chi connectivity index (χ2v) is 3.62. The maximum absolute atomic E-state index is 10.9. The predicted octanol–water partition coefficient (Wildman–Crippen LogP) is 1.39. The third kappa shape index (κ3) is 2.16. The third-order valence-corrected chi connectivity index (χ3v) is 2.42. The van der Waals surface area contributed by atoms with E-state index in [0.29, 0.717) is 0 Å². The summed E-state index contributed by atoms with van der Waals surface area (Å²) >= 11 is 0. The summed E-state index contributed by atoms with van der Waals surface area (Å²) in [6.07, 6.45) is 0.825. The lowest BCUT2D eigenvalue weighted by Gasteiger charge is -2.00. The zero-order valence-corrected chi connectivity index (χ0v) is 9.66. The van der Waals surface area contributed by atoms with Crippen molar-refractivity contribution in [1.29, 1.82) is 0 Å². The maximum atomic E-state index is 10.9. The molecular weight excluding hydrogens is 272 g/mol. The number of nitrogens with zero attached hydrogens (tertiary/aromatic N) is 4. The largest absolute Gasteiger partial charge is 0.476 e. The summed E-state index contributed by atoms with van der Waals surface area (Å²) in [5.74, 6) is -1.59. The first-order valence-electron chi connectivity index (χ1n) is 5.13. The van der Waals surface area contributed by atoms with Gasteiger partial charge in [-0.2, -0.15) is 5.10 Å². The van der Waals surface area contributed by atoms with Gasteiger partial charge >= 0.3 is 11.7 Å². The molecule has 0 amide bonds. The van der Waals surface area contributed by atoms with E-state index in [0.717, 1.165) is 10.9 Å². The Labute approximate surface area is 110 Å². The molecule has 0 spiro atoms. The number of carboxylic acids is 1. The molecule has 0 radical (unpaired) electrons. The highest BCUT2D eigenvalue weighted by Crippen LogP contribution is 2.25. The lowest BCUT2D eigenvalue weighted by atomic mass is 10.3. The van der Waals surface area contributed by atoms with Gasteiger partial charge in [0.15, 0.2) is 0 Å². The van der Waals surface area contributed by atoms with Crippen molar-refractivity contribution in [2.75, 3.05) is 0 Å². The summed E-state index contributed by atoms with van der Waals surface area (Å²) in [5, 5.41) is 34.0. The van der Waals surface area contributed by atoms with Gasteiger partial charge in [-0.05, 0) is 6.07 Å². The number of nitro groups is 2. The predicted molar refractivity (Wildman–Crippen MR) is 63.8 cm³/mol. The van der Waals surface area contributed by atoms with Gasteiger partial charge in [0.05, 0.1) is 9.85 Å². The van der Waals surface area contributed by atoms with Crippen molar-refractivity contribution in [2.24, 2.45) is 0 Å². The first-order chi connectivity index (χ1) is 9.41. The van der Waals surface area contributed by atoms with E-state index in [-0.39, 0.29) is 11.4 Å². The number of para-hydroxylation sites is 2. The smallest absolute Gasteiger partial charge is 0.363 e. The highest BCUT2D eigenvalue weighted by atomic mass is 16.6. The van der Waals surface area contributed by atoms with E-state index in [1.165, 1.54) is 24.3 Å². The Kier molecular flexibility index (Phi) is 3.13. The lowest BCUT2D eigenvalue weighted by molar-refractivity contribution is -0.385. The van der Waals surface area contributed by atoms with Crippen molar-refractivity contribution in [3.05, 3.63) is 56.4 Å². The lowest BCUT2D eigenvalue weighted by Crippen LogP contribution is -2.04. The number of hydrogen-bond donors (Lipinski definition) is 1. The number of hydrogen-bond acceptors (Lipinski definition) is 6. The van der Waals surface area contributed by atoms with Crippen molar-refractivity contribution in [3.63, 3.8) is 0 Å². The number of carbonyl (C=O) groups is 1. The molecule has 0 atom stereocenters. The van der Waals surface area contributed by atoms with Gasteiger partial charge in [0.25, 0.3) is 5.69 Å². The molecular formula is C10H6N4O6. The Bertz CT molecular complexity index is 691. The molecule has 0 saturated carbocycles. The van der Waals surface area contributed by atoms with Crippen LogP contribution in [0, 0.1) is 20.2 Å². The van der Waals surface area contributed by atoms with Gasteiger partial charge in [-0.1, -0.05) is 12.1 Å². The van der Waals surface area contributed by atoms with Crippen LogP contribution in [0.4, 0.5) is 11.4 Å². The quantitative estimate of drug-likeness (QED) is 0.657. The summed E-state index contributed by atoms with van der Waals surface area (Å²) in [6.45, 7) is 0. The fourth-order valence-corrected chi connectivity index (χ4v) is 1.59. The van der Waals surface area contributed by atoms with Crippen LogP contribution in [0.3, 0.4) is 0 Å². The van der Waals surface area contributed by atoms with Crippen LogP contribution in [-0.4, -0.2) is 30.7 Å². The normalized spacial score (nSPS) is 10.2. The molecule has 20 heavy (non-hydrogen) atoms. The van der Waals surface area contributed by atoms with Crippen LogP contribution in [-0.2, 0) is 0 Å². The van der Waals surface area contributed by atoms with E-state index in [1.807, 2.05) is 0 Å². The summed E-state index contributed by atoms with van der Waals surface area (Å²) in [7, 11) is 0. The number of carboxylic acid groups (broad SMARTS) is 1. The van der Waals surface area contributed by atoms with Crippen molar-refractivity contribution in [3.8, 4) is 5.69 Å². The molecule has 0 saturated heterocycles. The minimum Gasteiger partial charge on any atom is -0.476 e. The Hall–Kier alpha value is -3.30. The van der Waals surface area contributed by atoms with E-state index in [2.05, 4.69) is 5.10 Å². The summed E-state index contributed by atoms with van der Waals surface area (Å²) < 4.78 is 0.805. The molecule has 2 rings (SSSR count). The van der Waals surface area contributed by atoms with E-state index >= 15 is 0 Å². The van der Waals surface area contributed by atoms with Crippen molar-refractivity contribution in [1.82, 2.24) is 9.78 Å². The van der Waals surface area contributed by atoms with Crippen LogP contribution in [0.5, 0.6) is 0 Å². The monoisotopic (exact) mass is 278 g/mol. The second-order valence-electron chi connectivity index (χ2n) is 3.62. The second kappa shape index (κ2) is 4.76. The molecule has 1 aromatic heterocycles. The van der Waals surface area contributed by atoms with Gasteiger partial charge in [-0.25, -0.2) is 9.48 Å². The molecule has 2 aromatic rings. The van der Waals surface area contributed by atoms with E-state index < -0.39 is 27.2 Å². The van der Waals surface area contributed by atoms with Crippen LogP contribution in [0.2, 0.25) is 0 Å². The highest BCUT2D eigenvalue weighted by molar-refractivity contribution is 5.90. The Balaban J connectivity index is 2.66. The van der Waals surface area contributed by atoms with Crippen LogP contribution in [0.1, 0.15) is 10.5 Å². The third-order valence-electron chi connectivity index (χ3n) is 2.42. The van der Waals surface area contributed by atoms with Crippen molar-refractivity contribution >= 4 is 17.3 Å². The van der Waals surface area contributed by atoms with Crippen LogP contribution in [0.25, 0.3) is 5.69 Å². The first kappa shape index (κ1) is 13.1. The molecule has 10 heteroatoms. The van der Waals surface area contributed by atoms with E-state index in [1.54, 1.807) is 0 Å². The van der Waals surface area contributed by atoms with Gasteiger partial charge < -0.3 is 5.11 Å². The molecule has 1 aromatic carbocycles. The number of aromatic nitrogens is 2. The zero-order chi connectivity index (χ0) is 14.9. The average molecular weight is 278 g/mol. The molecule has 0 bridgehead atoms. The molecule has 0 unspecified atom stereocenters. The van der Waals surface area contributed by atoms with Crippen LogP contribution >= 0.6 is 0 Å². The molecule has 10 nitrogen and oxygen atoms in total. The van der Waals surface area contributed by atoms with Crippen LogP contribution < -0.4 is 0 Å². The van der Waals surface area contributed by atoms with E-state index in [9.17, 15) is 25.0 Å². The van der Waals surface area contributed by atoms with Crippen molar-refractivity contribution in [2.45, 2.75) is 0 Å². The fourth-order valence-electron chi connectivity index (χ4n) is 1.59. The summed E-state index contributed by atoms with van der Waals surface area (Å²) in [4.78, 5) is 30.9. The maximum Gasteiger partial charge on any atom is 0.363 e. The molecule has 1 heterocycles.